The summed E-state index contributed by atoms with van der Waals surface area (Å²) in [4.78, 5) is 0. The highest BCUT2D eigenvalue weighted by Gasteiger charge is 2.26. The molecule has 1 aliphatic heterocycles. The molecule has 1 N–H and O–H groups in total. The Morgan fingerprint density at radius 1 is 1.35 bits per heavy atom. The van der Waals surface area contributed by atoms with Crippen LogP contribution in [0.2, 0.25) is 0 Å². The van der Waals surface area contributed by atoms with Crippen molar-refractivity contribution in [2.75, 3.05) is 26.7 Å². The van der Waals surface area contributed by atoms with E-state index >= 15 is 0 Å². The highest BCUT2D eigenvalue weighted by Crippen LogP contribution is 2.19. The average molecular weight is 294 g/mol. The van der Waals surface area contributed by atoms with Crippen LogP contribution in [0.25, 0.3) is 6.08 Å². The molecule has 0 amide bonds. The molecular weight excluding hydrogens is 272 g/mol. The van der Waals surface area contributed by atoms with Gasteiger partial charge in [-0.05, 0) is 44.0 Å². The van der Waals surface area contributed by atoms with E-state index in [0.717, 1.165) is 24.9 Å². The number of rotatable bonds is 5. The van der Waals surface area contributed by atoms with Gasteiger partial charge in [-0.3, -0.25) is 0 Å². The van der Waals surface area contributed by atoms with Crippen LogP contribution in [-0.2, 0) is 10.0 Å². The third-order valence-corrected chi connectivity index (χ3v) is 5.10. The van der Waals surface area contributed by atoms with Gasteiger partial charge in [-0.1, -0.05) is 30.3 Å². The Labute approximate surface area is 121 Å². The molecule has 2 rings (SSSR count). The highest BCUT2D eigenvalue weighted by atomic mass is 32.2. The molecule has 0 aromatic heterocycles. The number of benzene rings is 1. The van der Waals surface area contributed by atoms with Gasteiger partial charge >= 0.3 is 0 Å². The van der Waals surface area contributed by atoms with Gasteiger partial charge in [0.15, 0.2) is 0 Å². The SMILES string of the molecule is CNCC1CCCN(S(=O)(=O)C=Cc2ccccc2)C1. The van der Waals surface area contributed by atoms with E-state index in [1.165, 1.54) is 5.41 Å². The summed E-state index contributed by atoms with van der Waals surface area (Å²) in [6.07, 6.45) is 3.69. The standard InChI is InChI=1S/C15H22N2O2S/c1-16-12-15-8-5-10-17(13-15)20(18,19)11-9-14-6-3-2-4-7-14/h2-4,6-7,9,11,15-16H,5,8,10,12-13H2,1H3. The summed E-state index contributed by atoms with van der Waals surface area (Å²) in [6.45, 7) is 2.11. The van der Waals surface area contributed by atoms with E-state index in [9.17, 15) is 8.42 Å². The predicted molar refractivity (Wildman–Crippen MR) is 82.6 cm³/mol. The van der Waals surface area contributed by atoms with Gasteiger partial charge in [0, 0.05) is 18.5 Å². The number of nitrogens with zero attached hydrogens (tertiary/aromatic N) is 1. The fourth-order valence-electron chi connectivity index (χ4n) is 2.53. The fourth-order valence-corrected chi connectivity index (χ4v) is 3.83. The fraction of sp³-hybridized carbons (Fsp3) is 0.467. The first kappa shape index (κ1) is 15.2. The lowest BCUT2D eigenvalue weighted by Crippen LogP contribution is -2.41. The molecule has 0 radical (unpaired) electrons. The molecule has 1 unspecified atom stereocenters. The van der Waals surface area contributed by atoms with E-state index in [1.807, 2.05) is 37.4 Å². The zero-order valence-electron chi connectivity index (χ0n) is 11.8. The summed E-state index contributed by atoms with van der Waals surface area (Å²) in [5.74, 6) is 0.411. The Morgan fingerprint density at radius 2 is 2.10 bits per heavy atom. The molecule has 1 aromatic rings. The van der Waals surface area contributed by atoms with E-state index < -0.39 is 10.0 Å². The maximum absolute atomic E-state index is 12.3. The van der Waals surface area contributed by atoms with Crippen LogP contribution >= 0.6 is 0 Å². The third kappa shape index (κ3) is 4.16. The smallest absolute Gasteiger partial charge is 0.236 e. The first-order chi connectivity index (χ1) is 9.62. The Balaban J connectivity index is 2.04. The summed E-state index contributed by atoms with van der Waals surface area (Å²) in [5.41, 5.74) is 0.903. The first-order valence-corrected chi connectivity index (χ1v) is 8.50. The van der Waals surface area contributed by atoms with Crippen LogP contribution in [0.3, 0.4) is 0 Å². The van der Waals surface area contributed by atoms with Crippen LogP contribution in [0, 0.1) is 5.92 Å². The number of hydrogen-bond acceptors (Lipinski definition) is 3. The van der Waals surface area contributed by atoms with Crippen LogP contribution in [0.4, 0.5) is 0 Å². The summed E-state index contributed by atoms with van der Waals surface area (Å²) >= 11 is 0. The molecule has 0 bridgehead atoms. The maximum Gasteiger partial charge on any atom is 0.236 e. The van der Waals surface area contributed by atoms with Crippen molar-refractivity contribution in [2.45, 2.75) is 12.8 Å². The Kier molecular flexibility index (Phi) is 5.34. The summed E-state index contributed by atoms with van der Waals surface area (Å²) in [6, 6.07) is 9.50. The molecule has 20 heavy (non-hydrogen) atoms. The number of sulfonamides is 1. The second kappa shape index (κ2) is 7.02. The molecule has 1 atom stereocenters. The van der Waals surface area contributed by atoms with Crippen molar-refractivity contribution in [3.8, 4) is 0 Å². The minimum absolute atomic E-state index is 0.411. The zero-order chi connectivity index (χ0) is 14.4. The number of nitrogens with one attached hydrogen (secondary N) is 1. The van der Waals surface area contributed by atoms with Gasteiger partial charge in [0.2, 0.25) is 10.0 Å². The quantitative estimate of drug-likeness (QED) is 0.902. The number of hydrogen-bond donors (Lipinski definition) is 1. The monoisotopic (exact) mass is 294 g/mol. The molecule has 4 nitrogen and oxygen atoms in total. The van der Waals surface area contributed by atoms with Crippen LogP contribution in [0.5, 0.6) is 0 Å². The molecule has 1 fully saturated rings. The topological polar surface area (TPSA) is 49.4 Å². The largest absolute Gasteiger partial charge is 0.319 e. The summed E-state index contributed by atoms with van der Waals surface area (Å²) in [7, 11) is -1.40. The van der Waals surface area contributed by atoms with E-state index in [-0.39, 0.29) is 0 Å². The van der Waals surface area contributed by atoms with Crippen LogP contribution in [0.15, 0.2) is 35.7 Å². The molecule has 110 valence electrons. The normalized spacial score (nSPS) is 21.4. The van der Waals surface area contributed by atoms with Gasteiger partial charge in [0.25, 0.3) is 0 Å². The van der Waals surface area contributed by atoms with E-state index in [2.05, 4.69) is 5.32 Å². The first-order valence-electron chi connectivity index (χ1n) is 7.00. The van der Waals surface area contributed by atoms with Crippen molar-refractivity contribution < 1.29 is 8.42 Å². The van der Waals surface area contributed by atoms with Gasteiger partial charge < -0.3 is 5.32 Å². The van der Waals surface area contributed by atoms with E-state index in [1.54, 1.807) is 10.4 Å². The van der Waals surface area contributed by atoms with Gasteiger partial charge in [0.1, 0.15) is 0 Å². The van der Waals surface area contributed by atoms with Crippen molar-refractivity contribution in [1.29, 1.82) is 0 Å². The lowest BCUT2D eigenvalue weighted by Gasteiger charge is -2.30. The molecular formula is C15H22N2O2S. The lowest BCUT2D eigenvalue weighted by atomic mass is 10.00. The Bertz CT molecular complexity index is 538. The predicted octanol–water partition coefficient (Wildman–Crippen LogP) is 1.92. The number of piperidine rings is 1. The van der Waals surface area contributed by atoms with Crippen molar-refractivity contribution in [2.24, 2.45) is 5.92 Å². The van der Waals surface area contributed by atoms with Crippen LogP contribution in [-0.4, -0.2) is 39.4 Å². The molecule has 1 aliphatic rings. The average Bonchev–Trinajstić information content (AvgIpc) is 2.47. The van der Waals surface area contributed by atoms with Gasteiger partial charge in [0.05, 0.1) is 0 Å². The minimum Gasteiger partial charge on any atom is -0.319 e. The van der Waals surface area contributed by atoms with Crippen molar-refractivity contribution in [3.05, 3.63) is 41.3 Å². The lowest BCUT2D eigenvalue weighted by molar-refractivity contribution is 0.265. The van der Waals surface area contributed by atoms with Crippen LogP contribution in [0.1, 0.15) is 18.4 Å². The molecule has 5 heteroatoms. The highest BCUT2D eigenvalue weighted by molar-refractivity contribution is 7.92. The summed E-state index contributed by atoms with van der Waals surface area (Å²) in [5, 5.41) is 4.45. The zero-order valence-corrected chi connectivity index (χ0v) is 12.6. The minimum atomic E-state index is -3.31. The van der Waals surface area contributed by atoms with E-state index in [4.69, 9.17) is 0 Å². The second-order valence-corrected chi connectivity index (χ2v) is 7.00. The van der Waals surface area contributed by atoms with Crippen molar-refractivity contribution in [1.82, 2.24) is 9.62 Å². The molecule has 0 spiro atoms. The summed E-state index contributed by atoms with van der Waals surface area (Å²) < 4.78 is 26.3. The van der Waals surface area contributed by atoms with Gasteiger partial charge in [-0.15, -0.1) is 0 Å². The van der Waals surface area contributed by atoms with Gasteiger partial charge in [-0.25, -0.2) is 8.42 Å². The molecule has 1 saturated heterocycles. The molecule has 0 saturated carbocycles. The Morgan fingerprint density at radius 3 is 2.80 bits per heavy atom. The van der Waals surface area contributed by atoms with Crippen LogP contribution < -0.4 is 5.32 Å². The van der Waals surface area contributed by atoms with Crippen molar-refractivity contribution in [3.63, 3.8) is 0 Å². The van der Waals surface area contributed by atoms with E-state index in [0.29, 0.717) is 19.0 Å². The molecule has 1 heterocycles. The maximum atomic E-state index is 12.3. The second-order valence-electron chi connectivity index (χ2n) is 5.18. The molecule has 0 aliphatic carbocycles. The van der Waals surface area contributed by atoms with Gasteiger partial charge in [-0.2, -0.15) is 4.31 Å². The third-order valence-electron chi connectivity index (χ3n) is 3.57. The molecule has 1 aromatic carbocycles. The van der Waals surface area contributed by atoms with Crippen molar-refractivity contribution >= 4 is 16.1 Å². The Hall–Kier alpha value is -1.17.